The summed E-state index contributed by atoms with van der Waals surface area (Å²) in [5.41, 5.74) is 0. The fraction of sp³-hybridized carbons (Fsp3) is 0.500. The minimum absolute atomic E-state index is 0.0526. The maximum atomic E-state index is 12.1. The first-order valence-corrected chi connectivity index (χ1v) is 7.73. The summed E-state index contributed by atoms with van der Waals surface area (Å²) in [5.74, 6) is 0. The van der Waals surface area contributed by atoms with Crippen molar-refractivity contribution in [3.63, 3.8) is 0 Å². The van der Waals surface area contributed by atoms with Crippen molar-refractivity contribution < 1.29 is 33.6 Å². The van der Waals surface area contributed by atoms with Crippen LogP contribution in [0.5, 0.6) is 0 Å². The molecule has 8 nitrogen and oxygen atoms in total. The quantitative estimate of drug-likeness (QED) is 0.423. The Kier molecular flexibility index (Phi) is 4.94. The molecule has 9 heteroatoms. The van der Waals surface area contributed by atoms with Gasteiger partial charge in [0.2, 0.25) is 10.0 Å². The summed E-state index contributed by atoms with van der Waals surface area (Å²) in [5, 5.41) is 38.3. The highest BCUT2D eigenvalue weighted by Crippen LogP contribution is 2.21. The van der Waals surface area contributed by atoms with Gasteiger partial charge in [-0.05, 0) is 12.1 Å². The van der Waals surface area contributed by atoms with Crippen LogP contribution in [-0.2, 0) is 14.8 Å². The van der Waals surface area contributed by atoms with Gasteiger partial charge in [0, 0.05) is 0 Å². The molecule has 0 radical (unpaired) electrons. The molecule has 0 aliphatic carbocycles. The van der Waals surface area contributed by atoms with Gasteiger partial charge in [-0.3, -0.25) is 0 Å². The Morgan fingerprint density at radius 3 is 2.29 bits per heavy atom. The van der Waals surface area contributed by atoms with Gasteiger partial charge in [0.25, 0.3) is 0 Å². The van der Waals surface area contributed by atoms with Gasteiger partial charge in [0.05, 0.1) is 11.5 Å². The predicted octanol–water partition coefficient (Wildman–Crippen LogP) is -2.24. The highest BCUT2D eigenvalue weighted by atomic mass is 32.2. The molecule has 5 atom stereocenters. The Balaban J connectivity index is 2.19. The SMILES string of the molecule is O=S(=O)(N[C@H]1C(O)O[C@H](CO)[C@@H](O)[C@@H]1O)c1ccccc1. The van der Waals surface area contributed by atoms with Gasteiger partial charge in [0.15, 0.2) is 6.29 Å². The van der Waals surface area contributed by atoms with Crippen molar-refractivity contribution in [3.8, 4) is 0 Å². The lowest BCUT2D eigenvalue weighted by atomic mass is 9.98. The highest BCUT2D eigenvalue weighted by molar-refractivity contribution is 7.89. The molecule has 1 fully saturated rings. The lowest BCUT2D eigenvalue weighted by Gasteiger charge is -2.40. The van der Waals surface area contributed by atoms with Gasteiger partial charge in [-0.15, -0.1) is 0 Å². The van der Waals surface area contributed by atoms with Crippen LogP contribution in [0.2, 0.25) is 0 Å². The third-order valence-electron chi connectivity index (χ3n) is 3.24. The summed E-state index contributed by atoms with van der Waals surface area (Å²) in [6.07, 6.45) is -6.03. The maximum absolute atomic E-state index is 12.1. The third-order valence-corrected chi connectivity index (χ3v) is 4.72. The molecule has 0 aromatic heterocycles. The monoisotopic (exact) mass is 319 g/mol. The van der Waals surface area contributed by atoms with Crippen LogP contribution >= 0.6 is 0 Å². The van der Waals surface area contributed by atoms with Crippen molar-refractivity contribution in [2.75, 3.05) is 6.61 Å². The number of hydrogen-bond donors (Lipinski definition) is 5. The van der Waals surface area contributed by atoms with E-state index in [2.05, 4.69) is 4.72 Å². The molecule has 1 aromatic rings. The molecule has 0 saturated carbocycles. The maximum Gasteiger partial charge on any atom is 0.241 e. The average molecular weight is 319 g/mol. The number of ether oxygens (including phenoxy) is 1. The largest absolute Gasteiger partial charge is 0.394 e. The summed E-state index contributed by atoms with van der Waals surface area (Å²) in [6.45, 7) is -0.618. The molecular weight excluding hydrogens is 302 g/mol. The normalized spacial score (nSPS) is 33.8. The van der Waals surface area contributed by atoms with E-state index in [0.717, 1.165) is 0 Å². The summed E-state index contributed by atoms with van der Waals surface area (Å²) in [4.78, 5) is -0.0526. The Labute approximate surface area is 121 Å². The molecule has 1 aliphatic heterocycles. The van der Waals surface area contributed by atoms with Crippen LogP contribution in [0.3, 0.4) is 0 Å². The first kappa shape index (κ1) is 16.3. The fourth-order valence-electron chi connectivity index (χ4n) is 2.07. The minimum Gasteiger partial charge on any atom is -0.394 e. The molecule has 0 amide bonds. The lowest BCUT2D eigenvalue weighted by Crippen LogP contribution is -2.64. The van der Waals surface area contributed by atoms with E-state index in [1.165, 1.54) is 24.3 Å². The van der Waals surface area contributed by atoms with E-state index in [4.69, 9.17) is 9.84 Å². The number of hydrogen-bond acceptors (Lipinski definition) is 7. The average Bonchev–Trinajstić information content (AvgIpc) is 2.48. The second-order valence-corrected chi connectivity index (χ2v) is 6.40. The van der Waals surface area contributed by atoms with Crippen LogP contribution < -0.4 is 4.72 Å². The van der Waals surface area contributed by atoms with Crippen LogP contribution in [0.15, 0.2) is 35.2 Å². The number of aliphatic hydroxyl groups excluding tert-OH is 4. The van der Waals surface area contributed by atoms with Crippen molar-refractivity contribution in [2.24, 2.45) is 0 Å². The minimum atomic E-state index is -4.00. The molecule has 1 saturated heterocycles. The summed E-state index contributed by atoms with van der Waals surface area (Å²) < 4.78 is 31.2. The van der Waals surface area contributed by atoms with Crippen LogP contribution in [0.25, 0.3) is 0 Å². The van der Waals surface area contributed by atoms with Crippen molar-refractivity contribution >= 4 is 10.0 Å². The molecule has 0 bridgehead atoms. The summed E-state index contributed by atoms with van der Waals surface area (Å²) in [6, 6.07) is 5.93. The van der Waals surface area contributed by atoms with Gasteiger partial charge in [-0.1, -0.05) is 18.2 Å². The topological polar surface area (TPSA) is 136 Å². The van der Waals surface area contributed by atoms with E-state index < -0.39 is 47.3 Å². The molecule has 2 rings (SSSR count). The number of rotatable bonds is 4. The number of sulfonamides is 1. The molecule has 0 spiro atoms. The molecule has 5 N–H and O–H groups in total. The zero-order valence-electron chi connectivity index (χ0n) is 10.9. The molecular formula is C12H17NO7S. The van der Waals surface area contributed by atoms with Crippen LogP contribution in [0.1, 0.15) is 0 Å². The first-order chi connectivity index (χ1) is 9.86. The van der Waals surface area contributed by atoms with Crippen LogP contribution in [-0.4, -0.2) is 66.1 Å². The molecule has 1 unspecified atom stereocenters. The van der Waals surface area contributed by atoms with Gasteiger partial charge in [0.1, 0.15) is 24.4 Å². The van der Waals surface area contributed by atoms with Gasteiger partial charge < -0.3 is 25.2 Å². The van der Waals surface area contributed by atoms with Crippen molar-refractivity contribution in [1.82, 2.24) is 4.72 Å². The smallest absolute Gasteiger partial charge is 0.241 e. The number of aliphatic hydroxyl groups is 4. The summed E-state index contributed by atoms with van der Waals surface area (Å²) >= 11 is 0. The highest BCUT2D eigenvalue weighted by Gasteiger charge is 2.45. The van der Waals surface area contributed by atoms with E-state index in [-0.39, 0.29) is 4.90 Å². The second-order valence-electron chi connectivity index (χ2n) is 4.69. The third kappa shape index (κ3) is 3.40. The van der Waals surface area contributed by atoms with Crippen LogP contribution in [0.4, 0.5) is 0 Å². The second kappa shape index (κ2) is 6.36. The Morgan fingerprint density at radius 2 is 1.71 bits per heavy atom. The van der Waals surface area contributed by atoms with Crippen molar-refractivity contribution in [3.05, 3.63) is 30.3 Å². The van der Waals surface area contributed by atoms with Gasteiger partial charge in [-0.2, -0.15) is 0 Å². The number of nitrogens with one attached hydrogen (secondary N) is 1. The molecule has 1 aromatic carbocycles. The number of benzene rings is 1. The van der Waals surface area contributed by atoms with E-state index in [9.17, 15) is 23.7 Å². The Hall–Kier alpha value is -1.07. The van der Waals surface area contributed by atoms with E-state index in [1.807, 2.05) is 0 Å². The molecule has 118 valence electrons. The molecule has 1 aliphatic rings. The fourth-order valence-corrected chi connectivity index (χ4v) is 3.34. The Bertz CT molecular complexity index is 564. The lowest BCUT2D eigenvalue weighted by molar-refractivity contribution is -0.251. The standard InChI is InChI=1S/C12H17NO7S/c14-6-8-10(15)11(16)9(12(17)20-8)13-21(18,19)7-4-2-1-3-5-7/h1-5,8-17H,6H2/t8-,9-,10-,11-,12?/m1/s1. The zero-order valence-corrected chi connectivity index (χ0v) is 11.7. The van der Waals surface area contributed by atoms with E-state index in [1.54, 1.807) is 6.07 Å². The zero-order chi connectivity index (χ0) is 15.6. The predicted molar refractivity (Wildman–Crippen MR) is 70.5 cm³/mol. The van der Waals surface area contributed by atoms with Gasteiger partial charge >= 0.3 is 0 Å². The molecule has 1 heterocycles. The van der Waals surface area contributed by atoms with E-state index in [0.29, 0.717) is 0 Å². The first-order valence-electron chi connectivity index (χ1n) is 6.24. The van der Waals surface area contributed by atoms with Crippen LogP contribution in [0, 0.1) is 0 Å². The van der Waals surface area contributed by atoms with Gasteiger partial charge in [-0.25, -0.2) is 13.1 Å². The Morgan fingerprint density at radius 1 is 1.10 bits per heavy atom. The van der Waals surface area contributed by atoms with Crippen molar-refractivity contribution in [1.29, 1.82) is 0 Å². The van der Waals surface area contributed by atoms with Crippen molar-refractivity contribution in [2.45, 2.75) is 35.5 Å². The van der Waals surface area contributed by atoms with E-state index >= 15 is 0 Å². The molecule has 21 heavy (non-hydrogen) atoms. The summed E-state index contributed by atoms with van der Waals surface area (Å²) in [7, 11) is -4.00.